The van der Waals surface area contributed by atoms with Gasteiger partial charge in [-0.25, -0.2) is 4.39 Å². The summed E-state index contributed by atoms with van der Waals surface area (Å²) < 4.78 is 19.1. The third-order valence-electron chi connectivity index (χ3n) is 4.16. The van der Waals surface area contributed by atoms with E-state index < -0.39 is 0 Å². The Morgan fingerprint density at radius 2 is 2.26 bits per heavy atom. The number of amides is 1. The molecule has 6 nitrogen and oxygen atoms in total. The number of hydrogen-bond donors (Lipinski definition) is 2. The molecule has 1 aromatic carbocycles. The zero-order chi connectivity index (χ0) is 16.8. The van der Waals surface area contributed by atoms with E-state index in [0.29, 0.717) is 43.9 Å². The lowest BCUT2D eigenvalue weighted by Gasteiger charge is -2.41. The van der Waals surface area contributed by atoms with Gasteiger partial charge in [-0.3, -0.25) is 14.6 Å². The van der Waals surface area contributed by atoms with Crippen LogP contribution in [0.25, 0.3) is 0 Å². The van der Waals surface area contributed by atoms with E-state index in [0.717, 1.165) is 0 Å². The highest BCUT2D eigenvalue weighted by molar-refractivity contribution is 5.75. The number of halogens is 1. The third-order valence-corrected chi connectivity index (χ3v) is 4.16. The molecular formula is C16H24FN3O3. The van der Waals surface area contributed by atoms with Crippen LogP contribution in [0.15, 0.2) is 18.2 Å². The average Bonchev–Trinajstić information content (AvgIpc) is 2.51. The number of primary amides is 1. The molecule has 0 bridgehead atoms. The summed E-state index contributed by atoms with van der Waals surface area (Å²) in [4.78, 5) is 15.2. The predicted molar refractivity (Wildman–Crippen MR) is 84.5 cm³/mol. The minimum Gasteiger partial charge on any atom is -0.497 e. The van der Waals surface area contributed by atoms with Gasteiger partial charge < -0.3 is 15.6 Å². The van der Waals surface area contributed by atoms with Gasteiger partial charge in [0, 0.05) is 50.5 Å². The molecule has 7 heteroatoms. The summed E-state index contributed by atoms with van der Waals surface area (Å²) >= 11 is 0. The number of rotatable bonds is 7. The van der Waals surface area contributed by atoms with Gasteiger partial charge in [0.25, 0.3) is 0 Å². The Bertz CT molecular complexity index is 541. The first-order valence-electron chi connectivity index (χ1n) is 7.71. The van der Waals surface area contributed by atoms with Crippen LogP contribution in [0, 0.1) is 5.82 Å². The summed E-state index contributed by atoms with van der Waals surface area (Å²) in [5.74, 6) is -0.168. The number of ether oxygens (including phenoxy) is 1. The van der Waals surface area contributed by atoms with Gasteiger partial charge in [-0.05, 0) is 12.5 Å². The van der Waals surface area contributed by atoms with Crippen LogP contribution in [-0.4, -0.2) is 66.8 Å². The first-order valence-corrected chi connectivity index (χ1v) is 7.71. The van der Waals surface area contributed by atoms with Crippen molar-refractivity contribution in [3.8, 4) is 5.75 Å². The molecule has 1 heterocycles. The number of carbonyl (C=O) groups excluding carboxylic acids is 1. The lowest BCUT2D eigenvalue weighted by atomic mass is 10.1. The van der Waals surface area contributed by atoms with Gasteiger partial charge in [0.1, 0.15) is 11.6 Å². The minimum atomic E-state index is -0.359. The molecule has 3 N–H and O–H groups in total. The molecule has 0 radical (unpaired) electrons. The molecule has 128 valence electrons. The molecule has 1 amide bonds. The molecule has 23 heavy (non-hydrogen) atoms. The zero-order valence-electron chi connectivity index (χ0n) is 13.4. The average molecular weight is 325 g/mol. The van der Waals surface area contributed by atoms with Gasteiger partial charge in [-0.1, -0.05) is 6.07 Å². The van der Waals surface area contributed by atoms with E-state index >= 15 is 0 Å². The fourth-order valence-electron chi connectivity index (χ4n) is 2.95. The summed E-state index contributed by atoms with van der Waals surface area (Å²) in [5.41, 5.74) is 5.84. The standard InChI is InChI=1S/C16H24FN3O3/c1-23-14-3-2-12(15(17)8-14)9-20-6-5-19(11-16(18)22)10-13(20)4-7-21/h2-3,8,13,21H,4-7,9-11H2,1H3,(H2,18,22). The van der Waals surface area contributed by atoms with Crippen molar-refractivity contribution in [3.05, 3.63) is 29.6 Å². The topological polar surface area (TPSA) is 79.0 Å². The maximum atomic E-state index is 14.1. The Hall–Kier alpha value is -1.70. The Kier molecular flexibility index (Phi) is 6.32. The zero-order valence-corrected chi connectivity index (χ0v) is 13.4. The maximum absolute atomic E-state index is 14.1. The summed E-state index contributed by atoms with van der Waals surface area (Å²) in [7, 11) is 1.50. The highest BCUT2D eigenvalue weighted by atomic mass is 19.1. The number of benzene rings is 1. The van der Waals surface area contributed by atoms with Crippen molar-refractivity contribution >= 4 is 5.91 Å². The van der Waals surface area contributed by atoms with Crippen molar-refractivity contribution in [1.29, 1.82) is 0 Å². The van der Waals surface area contributed by atoms with E-state index in [1.165, 1.54) is 13.2 Å². The normalized spacial score (nSPS) is 19.7. The van der Waals surface area contributed by atoms with E-state index in [1.807, 2.05) is 4.90 Å². The van der Waals surface area contributed by atoms with Gasteiger partial charge in [0.15, 0.2) is 0 Å². The molecular weight excluding hydrogens is 301 g/mol. The molecule has 0 saturated carbocycles. The van der Waals surface area contributed by atoms with E-state index in [2.05, 4.69) is 4.90 Å². The second kappa shape index (κ2) is 8.24. The molecule has 0 aliphatic carbocycles. The van der Waals surface area contributed by atoms with Crippen molar-refractivity contribution in [2.75, 3.05) is 39.9 Å². The Morgan fingerprint density at radius 3 is 2.87 bits per heavy atom. The van der Waals surface area contributed by atoms with Crippen LogP contribution in [0.3, 0.4) is 0 Å². The third kappa shape index (κ3) is 4.89. The summed E-state index contributed by atoms with van der Waals surface area (Å²) in [6, 6.07) is 4.90. The molecule has 1 unspecified atom stereocenters. The summed E-state index contributed by atoms with van der Waals surface area (Å²) in [6.07, 6.45) is 0.576. The van der Waals surface area contributed by atoms with Gasteiger partial charge in [0.2, 0.25) is 5.91 Å². The van der Waals surface area contributed by atoms with Gasteiger partial charge >= 0.3 is 0 Å². The Morgan fingerprint density at radius 1 is 1.48 bits per heavy atom. The molecule has 1 aliphatic rings. The van der Waals surface area contributed by atoms with Crippen LogP contribution in [0.4, 0.5) is 4.39 Å². The molecule has 2 rings (SSSR count). The van der Waals surface area contributed by atoms with Gasteiger partial charge in [0.05, 0.1) is 13.7 Å². The largest absolute Gasteiger partial charge is 0.497 e. The quantitative estimate of drug-likeness (QED) is 0.748. The van der Waals surface area contributed by atoms with Crippen molar-refractivity contribution in [1.82, 2.24) is 9.80 Å². The van der Waals surface area contributed by atoms with Crippen LogP contribution in [0.2, 0.25) is 0 Å². The van der Waals surface area contributed by atoms with Crippen LogP contribution < -0.4 is 10.5 Å². The number of aliphatic hydroxyl groups excluding tert-OH is 1. The number of hydrogen-bond acceptors (Lipinski definition) is 5. The van der Waals surface area contributed by atoms with Crippen LogP contribution >= 0.6 is 0 Å². The van der Waals surface area contributed by atoms with Crippen LogP contribution in [0.5, 0.6) is 5.75 Å². The van der Waals surface area contributed by atoms with Gasteiger partial charge in [-0.15, -0.1) is 0 Å². The second-order valence-corrected chi connectivity index (χ2v) is 5.80. The number of aliphatic hydroxyl groups is 1. The maximum Gasteiger partial charge on any atom is 0.231 e. The molecule has 1 atom stereocenters. The predicted octanol–water partition coefficient (Wildman–Crippen LogP) is 0.188. The van der Waals surface area contributed by atoms with E-state index in [4.69, 9.17) is 10.5 Å². The Labute approximate surface area is 135 Å². The van der Waals surface area contributed by atoms with Crippen molar-refractivity contribution in [2.45, 2.75) is 19.0 Å². The molecule has 1 saturated heterocycles. The van der Waals surface area contributed by atoms with Gasteiger partial charge in [-0.2, -0.15) is 0 Å². The van der Waals surface area contributed by atoms with E-state index in [1.54, 1.807) is 12.1 Å². The van der Waals surface area contributed by atoms with Crippen LogP contribution in [0.1, 0.15) is 12.0 Å². The van der Waals surface area contributed by atoms with E-state index in [9.17, 15) is 14.3 Å². The lowest BCUT2D eigenvalue weighted by molar-refractivity contribution is -0.120. The monoisotopic (exact) mass is 325 g/mol. The fraction of sp³-hybridized carbons (Fsp3) is 0.562. The minimum absolute atomic E-state index is 0.0523. The second-order valence-electron chi connectivity index (χ2n) is 5.80. The first-order chi connectivity index (χ1) is 11.0. The number of methoxy groups -OCH3 is 1. The first kappa shape index (κ1) is 17.7. The number of carbonyl (C=O) groups is 1. The fourth-order valence-corrected chi connectivity index (χ4v) is 2.95. The number of nitrogens with two attached hydrogens (primary N) is 1. The highest BCUT2D eigenvalue weighted by Gasteiger charge is 2.27. The van der Waals surface area contributed by atoms with Crippen molar-refractivity contribution < 1.29 is 19.0 Å². The van der Waals surface area contributed by atoms with Crippen molar-refractivity contribution in [2.24, 2.45) is 5.73 Å². The molecule has 1 aliphatic heterocycles. The van der Waals surface area contributed by atoms with Crippen molar-refractivity contribution in [3.63, 3.8) is 0 Å². The highest BCUT2D eigenvalue weighted by Crippen LogP contribution is 2.21. The molecule has 1 aromatic rings. The summed E-state index contributed by atoms with van der Waals surface area (Å²) in [6.45, 7) is 2.77. The number of piperazine rings is 1. The summed E-state index contributed by atoms with van der Waals surface area (Å²) in [5, 5.41) is 9.27. The molecule has 1 fully saturated rings. The molecule has 0 spiro atoms. The number of nitrogens with zero attached hydrogens (tertiary/aromatic N) is 2. The molecule has 0 aromatic heterocycles. The smallest absolute Gasteiger partial charge is 0.231 e. The lowest BCUT2D eigenvalue weighted by Crippen LogP contribution is -2.54. The SMILES string of the molecule is COc1ccc(CN2CCN(CC(N)=O)CC2CCO)c(F)c1. The van der Waals surface area contributed by atoms with E-state index in [-0.39, 0.29) is 30.9 Å². The Balaban J connectivity index is 2.04. The van der Waals surface area contributed by atoms with Crippen LogP contribution in [-0.2, 0) is 11.3 Å².